The predicted molar refractivity (Wildman–Crippen MR) is 62.4 cm³/mol. The van der Waals surface area contributed by atoms with Crippen LogP contribution in [0.15, 0.2) is 0 Å². The summed E-state index contributed by atoms with van der Waals surface area (Å²) in [6.45, 7) is 1.86. The van der Waals surface area contributed by atoms with Crippen molar-refractivity contribution in [3.63, 3.8) is 0 Å². The minimum absolute atomic E-state index is 0. The molecule has 0 spiro atoms. The molecule has 0 fully saturated rings. The summed E-state index contributed by atoms with van der Waals surface area (Å²) in [5, 5.41) is 20.6. The summed E-state index contributed by atoms with van der Waals surface area (Å²) in [6, 6.07) is -1.71. The van der Waals surface area contributed by atoms with Crippen LogP contribution in [0.1, 0.15) is 19.8 Å². The van der Waals surface area contributed by atoms with Crippen LogP contribution in [0.3, 0.4) is 0 Å². The fourth-order valence-corrected chi connectivity index (χ4v) is 1.09. The van der Waals surface area contributed by atoms with Gasteiger partial charge in [-0.1, -0.05) is 0 Å². The molecule has 0 heterocycles. The number of hydrogen-bond acceptors (Lipinski definition) is 4. The molecule has 1 amide bonds. The Morgan fingerprint density at radius 1 is 1.44 bits per heavy atom. The van der Waals surface area contributed by atoms with E-state index in [2.05, 4.69) is 10.6 Å². The van der Waals surface area contributed by atoms with Crippen molar-refractivity contribution in [2.45, 2.75) is 31.8 Å². The van der Waals surface area contributed by atoms with E-state index in [4.69, 9.17) is 22.0 Å². The fourth-order valence-electron chi connectivity index (χ4n) is 1.09. The summed E-state index contributed by atoms with van der Waals surface area (Å²) in [5.41, 5.74) is 10.4. The number of amides is 1. The van der Waals surface area contributed by atoms with Crippen LogP contribution >= 0.6 is 0 Å². The molecule has 18 heavy (non-hydrogen) atoms. The van der Waals surface area contributed by atoms with Gasteiger partial charge in [-0.15, -0.1) is 0 Å². The molecule has 0 aromatic heterocycles. The number of carbonyl (C=O) groups is 2. The van der Waals surface area contributed by atoms with E-state index in [0.717, 1.165) is 0 Å². The molecular weight excluding hydrogens is 281 g/mol. The van der Waals surface area contributed by atoms with Gasteiger partial charge in [0.25, 0.3) is 0 Å². The molecule has 0 saturated heterocycles. The second-order valence-electron chi connectivity index (χ2n) is 3.67. The average molecular weight is 300 g/mol. The third-order valence-corrected chi connectivity index (χ3v) is 2.01. The predicted octanol–water partition coefficient (Wildman–Crippen LogP) is -1.84. The number of nitrogens with two attached hydrogens (primary N) is 2. The van der Waals surface area contributed by atoms with Crippen LogP contribution in [0.4, 0.5) is 0 Å². The fraction of sp³-hybridized carbons (Fsp3) is 0.667. The third-order valence-electron chi connectivity index (χ3n) is 2.01. The van der Waals surface area contributed by atoms with Crippen LogP contribution in [0, 0.1) is 5.41 Å². The maximum Gasteiger partial charge on any atom is 0.326 e. The van der Waals surface area contributed by atoms with E-state index in [1.807, 2.05) is 0 Å². The summed E-state index contributed by atoms with van der Waals surface area (Å²) < 4.78 is 0. The summed E-state index contributed by atoms with van der Waals surface area (Å²) in [4.78, 5) is 22.1. The minimum atomic E-state index is -1.11. The maximum atomic E-state index is 11.2. The van der Waals surface area contributed by atoms with Crippen LogP contribution in [-0.2, 0) is 26.7 Å². The quantitative estimate of drug-likeness (QED) is 0.140. The molecule has 1 radical (unpaired) electrons. The van der Waals surface area contributed by atoms with E-state index >= 15 is 0 Å². The number of nitrogens with one attached hydrogen (secondary N) is 3. The Balaban J connectivity index is 0. The normalized spacial score (nSPS) is 12.8. The van der Waals surface area contributed by atoms with Crippen molar-refractivity contribution in [2.24, 2.45) is 11.5 Å². The van der Waals surface area contributed by atoms with Crippen molar-refractivity contribution in [3.05, 3.63) is 0 Å². The minimum Gasteiger partial charge on any atom is -0.480 e. The topological polar surface area (TPSA) is 154 Å². The number of hydrogen-bond donors (Lipinski definition) is 6. The number of rotatable bonds is 7. The first-order valence-electron chi connectivity index (χ1n) is 5.21. The van der Waals surface area contributed by atoms with Crippen molar-refractivity contribution >= 4 is 17.8 Å². The van der Waals surface area contributed by atoms with E-state index in [1.54, 1.807) is 0 Å². The van der Waals surface area contributed by atoms with Gasteiger partial charge in [-0.25, -0.2) is 4.79 Å². The van der Waals surface area contributed by atoms with Crippen molar-refractivity contribution in [2.75, 3.05) is 6.54 Å². The molecule has 0 bridgehead atoms. The van der Waals surface area contributed by atoms with Gasteiger partial charge in [0.1, 0.15) is 6.04 Å². The monoisotopic (exact) mass is 300 g/mol. The Morgan fingerprint density at radius 2 is 2.00 bits per heavy atom. The molecule has 0 aromatic carbocycles. The zero-order chi connectivity index (χ0) is 13.4. The second-order valence-corrected chi connectivity index (χ2v) is 3.67. The van der Waals surface area contributed by atoms with Gasteiger partial charge in [-0.2, -0.15) is 0 Å². The summed E-state index contributed by atoms with van der Waals surface area (Å²) >= 11 is 0. The molecule has 0 aliphatic heterocycles. The summed E-state index contributed by atoms with van der Waals surface area (Å²) in [5.74, 6) is -1.78. The smallest absolute Gasteiger partial charge is 0.326 e. The zero-order valence-electron chi connectivity index (χ0n) is 10.1. The molecule has 0 aliphatic rings. The Bertz CT molecular complexity index is 298. The van der Waals surface area contributed by atoms with E-state index in [9.17, 15) is 9.59 Å². The van der Waals surface area contributed by atoms with Crippen molar-refractivity contribution in [3.8, 4) is 0 Å². The molecule has 0 saturated carbocycles. The van der Waals surface area contributed by atoms with Gasteiger partial charge in [0.15, 0.2) is 5.96 Å². The molecular formula is C9H19MnN5O3. The summed E-state index contributed by atoms with van der Waals surface area (Å²) in [7, 11) is 0. The van der Waals surface area contributed by atoms with E-state index in [0.29, 0.717) is 13.0 Å². The third kappa shape index (κ3) is 8.80. The first kappa shape index (κ1) is 19.0. The van der Waals surface area contributed by atoms with Crippen LogP contribution in [0.2, 0.25) is 0 Å². The van der Waals surface area contributed by atoms with Crippen molar-refractivity contribution < 1.29 is 31.8 Å². The standard InChI is InChI=1S/C9H19N5O3.Mn/c1-5(10)7(15)14-6(8(16)17)3-2-4-13-9(11)12;/h5-6H,2-4,10H2,1H3,(H,14,15)(H,16,17)(H4,11,12,13);. The van der Waals surface area contributed by atoms with Crippen LogP contribution in [0.5, 0.6) is 0 Å². The molecule has 0 aliphatic carbocycles. The van der Waals surface area contributed by atoms with Gasteiger partial charge in [0.05, 0.1) is 6.04 Å². The Hall–Kier alpha value is -1.31. The number of carboxylic acid groups (broad SMARTS) is 1. The average Bonchev–Trinajstić information content (AvgIpc) is 2.21. The Kier molecular flexibility index (Phi) is 10.3. The first-order chi connectivity index (χ1) is 7.84. The molecule has 105 valence electrons. The Morgan fingerprint density at radius 3 is 2.39 bits per heavy atom. The van der Waals surface area contributed by atoms with Gasteiger partial charge >= 0.3 is 5.97 Å². The molecule has 8 nitrogen and oxygen atoms in total. The maximum absolute atomic E-state index is 11.2. The molecule has 8 N–H and O–H groups in total. The molecule has 0 rings (SSSR count). The zero-order valence-corrected chi connectivity index (χ0v) is 11.3. The van der Waals surface area contributed by atoms with Gasteiger partial charge in [-0.3, -0.25) is 10.2 Å². The number of aliphatic carboxylic acids is 1. The van der Waals surface area contributed by atoms with E-state index < -0.39 is 24.0 Å². The summed E-state index contributed by atoms with van der Waals surface area (Å²) in [6.07, 6.45) is 0.712. The van der Waals surface area contributed by atoms with E-state index in [1.165, 1.54) is 6.92 Å². The van der Waals surface area contributed by atoms with Gasteiger partial charge in [0, 0.05) is 23.6 Å². The number of carbonyl (C=O) groups excluding carboxylic acids is 1. The van der Waals surface area contributed by atoms with E-state index in [-0.39, 0.29) is 29.4 Å². The first-order valence-corrected chi connectivity index (χ1v) is 5.21. The van der Waals surface area contributed by atoms with Gasteiger partial charge in [-0.05, 0) is 19.8 Å². The SMILES string of the molecule is CC(N)C(=O)NC(CCCNC(=N)N)C(=O)O.[Mn]. The van der Waals surface area contributed by atoms with Gasteiger partial charge in [0.2, 0.25) is 5.91 Å². The molecule has 2 atom stereocenters. The van der Waals surface area contributed by atoms with Crippen LogP contribution in [0.25, 0.3) is 0 Å². The number of guanidine groups is 1. The van der Waals surface area contributed by atoms with Crippen LogP contribution in [-0.4, -0.2) is 41.6 Å². The number of carboxylic acids is 1. The second kappa shape index (κ2) is 9.69. The molecule has 9 heteroatoms. The van der Waals surface area contributed by atoms with Gasteiger partial charge < -0.3 is 27.2 Å². The van der Waals surface area contributed by atoms with Crippen LogP contribution < -0.4 is 22.1 Å². The van der Waals surface area contributed by atoms with Crippen molar-refractivity contribution in [1.29, 1.82) is 5.41 Å². The molecule has 0 aromatic rings. The largest absolute Gasteiger partial charge is 0.480 e. The molecule has 2 unspecified atom stereocenters. The van der Waals surface area contributed by atoms with Crippen molar-refractivity contribution in [1.82, 2.24) is 10.6 Å². The Labute approximate surface area is 116 Å².